The van der Waals surface area contributed by atoms with Crippen LogP contribution in [0.5, 0.6) is 5.75 Å². The molecule has 0 aromatic carbocycles. The predicted molar refractivity (Wildman–Crippen MR) is 128 cm³/mol. The third-order valence-corrected chi connectivity index (χ3v) is 6.40. The van der Waals surface area contributed by atoms with Crippen LogP contribution in [0.1, 0.15) is 38.5 Å². The van der Waals surface area contributed by atoms with E-state index in [1.165, 1.54) is 12.8 Å². The van der Waals surface area contributed by atoms with Crippen molar-refractivity contribution in [3.63, 3.8) is 0 Å². The zero-order valence-electron chi connectivity index (χ0n) is 17.9. The van der Waals surface area contributed by atoms with Crippen LogP contribution in [0.4, 0.5) is 16.4 Å². The van der Waals surface area contributed by atoms with Gasteiger partial charge in [-0.25, -0.2) is 14.8 Å². The molecule has 1 amide bonds. The second-order valence-corrected chi connectivity index (χ2v) is 8.78. The Labute approximate surface area is 201 Å². The Kier molecular flexibility index (Phi) is 8.06. The molecule has 2 saturated carbocycles. The summed E-state index contributed by atoms with van der Waals surface area (Å²) in [6, 6.07) is 9.56. The van der Waals surface area contributed by atoms with Crippen molar-refractivity contribution in [1.29, 1.82) is 0 Å². The minimum absolute atomic E-state index is 0. The maximum atomic E-state index is 12.4. The quantitative estimate of drug-likeness (QED) is 0.593. The molecule has 2 aromatic heterocycles. The summed E-state index contributed by atoms with van der Waals surface area (Å²) in [6.45, 7) is 2.27. The van der Waals surface area contributed by atoms with Crippen molar-refractivity contribution in [2.24, 2.45) is 11.8 Å². The van der Waals surface area contributed by atoms with E-state index in [0.29, 0.717) is 18.3 Å². The number of aromatic nitrogens is 2. The van der Waals surface area contributed by atoms with Crippen LogP contribution in [0, 0.1) is 11.8 Å². The number of nitrogens with zero attached hydrogens (tertiary/aromatic N) is 3. The third kappa shape index (κ3) is 5.75. The van der Waals surface area contributed by atoms with Gasteiger partial charge in [-0.2, -0.15) is 0 Å². The summed E-state index contributed by atoms with van der Waals surface area (Å²) in [5, 5.41) is 3.45. The molecule has 2 aliphatic carbocycles. The normalized spacial score (nSPS) is 24.3. The molecular formula is C23H30Cl2N4O3. The maximum absolute atomic E-state index is 12.4. The van der Waals surface area contributed by atoms with Crippen molar-refractivity contribution >= 4 is 42.5 Å². The summed E-state index contributed by atoms with van der Waals surface area (Å²) in [4.78, 5) is 22.8. The minimum atomic E-state index is -0.371. The van der Waals surface area contributed by atoms with Gasteiger partial charge in [-0.1, -0.05) is 6.07 Å². The van der Waals surface area contributed by atoms with Crippen LogP contribution in [0.2, 0.25) is 0 Å². The van der Waals surface area contributed by atoms with Gasteiger partial charge in [0.2, 0.25) is 0 Å². The Morgan fingerprint density at radius 1 is 1.06 bits per heavy atom. The van der Waals surface area contributed by atoms with Gasteiger partial charge in [0.25, 0.3) is 0 Å². The Hall–Kier alpha value is -2.25. The Balaban J connectivity index is 0.00000144. The van der Waals surface area contributed by atoms with Crippen molar-refractivity contribution in [3.8, 4) is 5.75 Å². The lowest BCUT2D eigenvalue weighted by Crippen LogP contribution is -2.39. The lowest BCUT2D eigenvalue weighted by atomic mass is 9.78. The van der Waals surface area contributed by atoms with Crippen molar-refractivity contribution in [3.05, 3.63) is 42.7 Å². The van der Waals surface area contributed by atoms with Crippen LogP contribution < -0.4 is 15.0 Å². The van der Waals surface area contributed by atoms with E-state index >= 15 is 0 Å². The number of amides is 1. The van der Waals surface area contributed by atoms with E-state index in [4.69, 9.17) is 9.47 Å². The van der Waals surface area contributed by atoms with Crippen LogP contribution in [-0.4, -0.2) is 41.4 Å². The SMILES string of the molecule is Cl.Cl.O=C1OC2(CCC(CNc3ccc(OCC4CC4)cn3)CC2)CN1c1ccccn1. The van der Waals surface area contributed by atoms with Crippen molar-refractivity contribution < 1.29 is 14.3 Å². The second-order valence-electron chi connectivity index (χ2n) is 8.78. The van der Waals surface area contributed by atoms with E-state index in [1.54, 1.807) is 17.3 Å². The first-order chi connectivity index (χ1) is 14.7. The lowest BCUT2D eigenvalue weighted by Gasteiger charge is -2.35. The first-order valence-corrected chi connectivity index (χ1v) is 10.9. The average molecular weight is 481 g/mol. The largest absolute Gasteiger partial charge is 0.492 e. The molecule has 5 rings (SSSR count). The summed E-state index contributed by atoms with van der Waals surface area (Å²) < 4.78 is 11.6. The summed E-state index contributed by atoms with van der Waals surface area (Å²) in [6.07, 6.45) is 9.62. The fraction of sp³-hybridized carbons (Fsp3) is 0.522. The molecule has 1 aliphatic heterocycles. The van der Waals surface area contributed by atoms with Crippen LogP contribution >= 0.6 is 24.8 Å². The predicted octanol–water partition coefficient (Wildman–Crippen LogP) is 5.11. The third-order valence-electron chi connectivity index (χ3n) is 6.40. The molecule has 3 fully saturated rings. The topological polar surface area (TPSA) is 76.6 Å². The Morgan fingerprint density at radius 3 is 2.53 bits per heavy atom. The van der Waals surface area contributed by atoms with Crippen molar-refractivity contribution in [1.82, 2.24) is 9.97 Å². The molecule has 1 spiro atoms. The molecule has 7 nitrogen and oxygen atoms in total. The molecule has 3 heterocycles. The summed E-state index contributed by atoms with van der Waals surface area (Å²) in [5.74, 6) is 3.67. The van der Waals surface area contributed by atoms with E-state index in [-0.39, 0.29) is 36.5 Å². The Morgan fingerprint density at radius 2 is 1.88 bits per heavy atom. The van der Waals surface area contributed by atoms with Crippen LogP contribution in [0.3, 0.4) is 0 Å². The summed E-state index contributed by atoms with van der Waals surface area (Å²) in [7, 11) is 0. The highest BCUT2D eigenvalue weighted by Crippen LogP contribution is 2.40. The van der Waals surface area contributed by atoms with Gasteiger partial charge in [0.1, 0.15) is 23.0 Å². The number of halogens is 2. The van der Waals surface area contributed by atoms with E-state index in [0.717, 1.165) is 56.3 Å². The van der Waals surface area contributed by atoms with Gasteiger partial charge in [0, 0.05) is 12.7 Å². The highest BCUT2D eigenvalue weighted by molar-refractivity contribution is 5.89. The highest BCUT2D eigenvalue weighted by atomic mass is 35.5. The minimum Gasteiger partial charge on any atom is -0.492 e. The van der Waals surface area contributed by atoms with E-state index in [1.807, 2.05) is 30.3 Å². The van der Waals surface area contributed by atoms with E-state index in [2.05, 4.69) is 15.3 Å². The number of rotatable bonds is 7. The van der Waals surface area contributed by atoms with Gasteiger partial charge in [-0.15, -0.1) is 24.8 Å². The molecule has 2 aromatic rings. The zero-order chi connectivity index (χ0) is 20.4. The highest BCUT2D eigenvalue weighted by Gasteiger charge is 2.47. The molecule has 0 bridgehead atoms. The number of nitrogens with one attached hydrogen (secondary N) is 1. The van der Waals surface area contributed by atoms with E-state index in [9.17, 15) is 4.79 Å². The molecule has 0 unspecified atom stereocenters. The van der Waals surface area contributed by atoms with Gasteiger partial charge >= 0.3 is 6.09 Å². The molecule has 3 aliphatic rings. The number of carbonyl (C=O) groups excluding carboxylic acids is 1. The van der Waals surface area contributed by atoms with Crippen molar-refractivity contribution in [2.45, 2.75) is 44.1 Å². The van der Waals surface area contributed by atoms with Gasteiger partial charge < -0.3 is 14.8 Å². The number of hydrogen-bond acceptors (Lipinski definition) is 6. The molecule has 0 atom stereocenters. The standard InChI is InChI=1S/C23H28N4O3.2ClH/c28-22-27(21-3-1-2-12-24-21)16-23(30-22)10-8-17(9-11-23)13-25-20-7-6-19(14-26-20)29-15-18-4-5-18;;/h1-3,6-7,12,14,17-18H,4-5,8-11,13,15-16H2,(H,25,26);2*1H. The van der Waals surface area contributed by atoms with Gasteiger partial charge in [0.15, 0.2) is 0 Å². The first-order valence-electron chi connectivity index (χ1n) is 10.9. The summed E-state index contributed by atoms with van der Waals surface area (Å²) in [5.41, 5.74) is -0.371. The summed E-state index contributed by atoms with van der Waals surface area (Å²) >= 11 is 0. The lowest BCUT2D eigenvalue weighted by molar-refractivity contribution is 0.0148. The monoisotopic (exact) mass is 480 g/mol. The number of carbonyl (C=O) groups is 1. The molecule has 174 valence electrons. The number of hydrogen-bond donors (Lipinski definition) is 1. The fourth-order valence-electron chi connectivity index (χ4n) is 4.30. The zero-order valence-corrected chi connectivity index (χ0v) is 19.6. The van der Waals surface area contributed by atoms with Gasteiger partial charge in [-0.3, -0.25) is 4.90 Å². The average Bonchev–Trinajstić information content (AvgIpc) is 3.56. The van der Waals surface area contributed by atoms with Crippen LogP contribution in [-0.2, 0) is 4.74 Å². The maximum Gasteiger partial charge on any atom is 0.416 e. The fourth-order valence-corrected chi connectivity index (χ4v) is 4.30. The smallest absolute Gasteiger partial charge is 0.416 e. The van der Waals surface area contributed by atoms with Gasteiger partial charge in [0.05, 0.1) is 19.3 Å². The van der Waals surface area contributed by atoms with Crippen LogP contribution in [0.15, 0.2) is 42.7 Å². The molecule has 32 heavy (non-hydrogen) atoms. The molecule has 9 heteroatoms. The van der Waals surface area contributed by atoms with Gasteiger partial charge in [-0.05, 0) is 74.6 Å². The molecular weight excluding hydrogens is 451 g/mol. The van der Waals surface area contributed by atoms with Crippen LogP contribution in [0.25, 0.3) is 0 Å². The number of pyridine rings is 2. The second kappa shape index (κ2) is 10.6. The molecule has 1 N–H and O–H groups in total. The first kappa shape index (κ1) is 24.4. The number of anilines is 2. The number of ether oxygens (including phenoxy) is 2. The molecule has 1 saturated heterocycles. The molecule has 0 radical (unpaired) electrons. The van der Waals surface area contributed by atoms with E-state index < -0.39 is 0 Å². The van der Waals surface area contributed by atoms with Crippen molar-refractivity contribution in [2.75, 3.05) is 29.9 Å². The Bertz CT molecular complexity index is 873.